The zero-order chi connectivity index (χ0) is 10.3. The first-order chi connectivity index (χ1) is 6.09. The third kappa shape index (κ3) is 5.57. The molecule has 0 aromatic carbocycles. The molecule has 0 aromatic rings. The van der Waals surface area contributed by atoms with Gasteiger partial charge in [-0.1, -0.05) is 13.8 Å². The minimum atomic E-state index is -0.847. The lowest BCUT2D eigenvalue weighted by atomic mass is 10.1. The molecular weight excluding hydrogens is 172 g/mol. The summed E-state index contributed by atoms with van der Waals surface area (Å²) < 4.78 is 4.79. The summed E-state index contributed by atoms with van der Waals surface area (Å²) in [6.07, 6.45) is 0. The van der Waals surface area contributed by atoms with Gasteiger partial charge < -0.3 is 9.84 Å². The van der Waals surface area contributed by atoms with Crippen LogP contribution in [0.2, 0.25) is 0 Å². The highest BCUT2D eigenvalue weighted by atomic mass is 16.5. The smallest absolute Gasteiger partial charge is 0.322 e. The Kier molecular flexibility index (Phi) is 6.48. The lowest BCUT2D eigenvalue weighted by Gasteiger charge is -2.18. The average Bonchev–Trinajstić information content (AvgIpc) is 2.02. The highest BCUT2D eigenvalue weighted by molar-refractivity contribution is 5.73. The molecule has 0 aliphatic heterocycles. The zero-order valence-corrected chi connectivity index (χ0v) is 8.33. The van der Waals surface area contributed by atoms with Crippen LogP contribution in [-0.2, 0) is 9.53 Å². The number of nitrogens with one attached hydrogen (secondary N) is 2. The van der Waals surface area contributed by atoms with Gasteiger partial charge in [-0.2, -0.15) is 0 Å². The van der Waals surface area contributed by atoms with Crippen LogP contribution in [0.4, 0.5) is 0 Å². The fourth-order valence-corrected chi connectivity index (χ4v) is 0.849. The second kappa shape index (κ2) is 6.82. The van der Waals surface area contributed by atoms with E-state index < -0.39 is 12.0 Å². The predicted molar refractivity (Wildman–Crippen MR) is 49.3 cm³/mol. The monoisotopic (exact) mass is 190 g/mol. The van der Waals surface area contributed by atoms with Crippen molar-refractivity contribution in [2.45, 2.75) is 19.9 Å². The predicted octanol–water partition coefficient (Wildman–Crippen LogP) is -0.164. The van der Waals surface area contributed by atoms with Gasteiger partial charge in [0, 0.05) is 13.7 Å². The maximum absolute atomic E-state index is 10.7. The van der Waals surface area contributed by atoms with E-state index in [9.17, 15) is 4.79 Å². The summed E-state index contributed by atoms with van der Waals surface area (Å²) in [4.78, 5) is 10.7. The van der Waals surface area contributed by atoms with Gasteiger partial charge in [0.15, 0.2) is 0 Å². The molecule has 0 bridgehead atoms. The normalized spacial score (nSPS) is 13.2. The molecule has 0 aliphatic carbocycles. The van der Waals surface area contributed by atoms with Crippen LogP contribution in [0, 0.1) is 5.92 Å². The van der Waals surface area contributed by atoms with Gasteiger partial charge in [-0.05, 0) is 5.92 Å². The van der Waals surface area contributed by atoms with Crippen LogP contribution in [0.25, 0.3) is 0 Å². The van der Waals surface area contributed by atoms with Crippen molar-refractivity contribution in [2.24, 2.45) is 5.92 Å². The Bertz CT molecular complexity index is 150. The molecule has 0 aromatic heterocycles. The number of rotatable bonds is 7. The summed E-state index contributed by atoms with van der Waals surface area (Å²) in [6, 6.07) is -0.558. The number of aliphatic carboxylic acids is 1. The first kappa shape index (κ1) is 12.3. The molecule has 0 saturated carbocycles. The number of ether oxygens (including phenoxy) is 1. The van der Waals surface area contributed by atoms with Crippen LogP contribution >= 0.6 is 0 Å². The van der Waals surface area contributed by atoms with Crippen LogP contribution in [0.15, 0.2) is 0 Å². The molecule has 1 unspecified atom stereocenters. The second-order valence-electron chi connectivity index (χ2n) is 3.12. The van der Waals surface area contributed by atoms with Crippen LogP contribution in [0.1, 0.15) is 13.8 Å². The Labute approximate surface area is 78.4 Å². The molecule has 13 heavy (non-hydrogen) atoms. The van der Waals surface area contributed by atoms with Crippen molar-refractivity contribution in [1.82, 2.24) is 10.9 Å². The van der Waals surface area contributed by atoms with Crippen molar-refractivity contribution in [3.8, 4) is 0 Å². The quantitative estimate of drug-likeness (QED) is 0.384. The SMILES string of the molecule is COCCNNC(C(=O)O)C(C)C. The maximum Gasteiger partial charge on any atom is 0.322 e. The fraction of sp³-hybridized carbons (Fsp3) is 0.875. The Balaban J connectivity index is 3.64. The van der Waals surface area contributed by atoms with Crippen LogP contribution in [0.3, 0.4) is 0 Å². The van der Waals surface area contributed by atoms with E-state index in [1.54, 1.807) is 7.11 Å². The average molecular weight is 190 g/mol. The van der Waals surface area contributed by atoms with Crippen molar-refractivity contribution in [2.75, 3.05) is 20.3 Å². The van der Waals surface area contributed by atoms with Crippen molar-refractivity contribution in [3.63, 3.8) is 0 Å². The maximum atomic E-state index is 10.7. The van der Waals surface area contributed by atoms with Crippen LogP contribution < -0.4 is 10.9 Å². The van der Waals surface area contributed by atoms with Crippen molar-refractivity contribution in [3.05, 3.63) is 0 Å². The molecule has 0 rings (SSSR count). The Morgan fingerprint density at radius 3 is 2.54 bits per heavy atom. The molecule has 0 aliphatic rings. The number of carbonyl (C=O) groups is 1. The van der Waals surface area contributed by atoms with Gasteiger partial charge in [-0.3, -0.25) is 10.2 Å². The van der Waals surface area contributed by atoms with Crippen molar-refractivity contribution >= 4 is 5.97 Å². The standard InChI is InChI=1S/C8H18N2O3/c1-6(2)7(8(11)12)10-9-4-5-13-3/h6-7,9-10H,4-5H2,1-3H3,(H,11,12). The Hall–Kier alpha value is -0.650. The number of carboxylic acid groups (broad SMARTS) is 1. The van der Waals surface area contributed by atoms with Gasteiger partial charge in [0.05, 0.1) is 6.61 Å². The van der Waals surface area contributed by atoms with E-state index in [1.165, 1.54) is 0 Å². The minimum Gasteiger partial charge on any atom is -0.480 e. The molecule has 5 nitrogen and oxygen atoms in total. The summed E-state index contributed by atoms with van der Waals surface area (Å²) in [5.74, 6) is -0.799. The number of hydrogen-bond donors (Lipinski definition) is 3. The summed E-state index contributed by atoms with van der Waals surface area (Å²) >= 11 is 0. The third-order valence-electron chi connectivity index (χ3n) is 1.62. The zero-order valence-electron chi connectivity index (χ0n) is 8.33. The molecule has 0 fully saturated rings. The van der Waals surface area contributed by atoms with Gasteiger partial charge in [0.2, 0.25) is 0 Å². The van der Waals surface area contributed by atoms with Crippen molar-refractivity contribution in [1.29, 1.82) is 0 Å². The Morgan fingerprint density at radius 1 is 1.54 bits per heavy atom. The van der Waals surface area contributed by atoms with Gasteiger partial charge in [0.1, 0.15) is 6.04 Å². The summed E-state index contributed by atoms with van der Waals surface area (Å²) in [5.41, 5.74) is 5.52. The number of carboxylic acids is 1. The van der Waals surface area contributed by atoms with Crippen LogP contribution in [0.5, 0.6) is 0 Å². The molecule has 0 saturated heterocycles. The Morgan fingerprint density at radius 2 is 2.15 bits per heavy atom. The van der Waals surface area contributed by atoms with Crippen molar-refractivity contribution < 1.29 is 14.6 Å². The highest BCUT2D eigenvalue weighted by Gasteiger charge is 2.19. The van der Waals surface area contributed by atoms with Crippen LogP contribution in [-0.4, -0.2) is 37.4 Å². The molecule has 0 spiro atoms. The molecule has 0 radical (unpaired) electrons. The highest BCUT2D eigenvalue weighted by Crippen LogP contribution is 1.99. The molecule has 0 heterocycles. The van der Waals surface area contributed by atoms with E-state index in [-0.39, 0.29) is 5.92 Å². The van der Waals surface area contributed by atoms with Gasteiger partial charge in [-0.15, -0.1) is 0 Å². The number of methoxy groups -OCH3 is 1. The first-order valence-electron chi connectivity index (χ1n) is 4.29. The fourth-order valence-electron chi connectivity index (χ4n) is 0.849. The molecule has 78 valence electrons. The lowest BCUT2D eigenvalue weighted by molar-refractivity contribution is -0.141. The summed E-state index contributed by atoms with van der Waals surface area (Å²) in [5, 5.41) is 8.77. The van der Waals surface area contributed by atoms with Gasteiger partial charge in [-0.25, -0.2) is 5.43 Å². The first-order valence-corrected chi connectivity index (χ1v) is 4.29. The topological polar surface area (TPSA) is 70.6 Å². The summed E-state index contributed by atoms with van der Waals surface area (Å²) in [7, 11) is 1.60. The molecular formula is C8H18N2O3. The molecule has 3 N–H and O–H groups in total. The van der Waals surface area contributed by atoms with Gasteiger partial charge in [0.25, 0.3) is 0 Å². The van der Waals surface area contributed by atoms with E-state index in [0.717, 1.165) is 0 Å². The minimum absolute atomic E-state index is 0.0487. The van der Waals surface area contributed by atoms with E-state index in [1.807, 2.05) is 13.8 Å². The van der Waals surface area contributed by atoms with E-state index in [4.69, 9.17) is 9.84 Å². The lowest BCUT2D eigenvalue weighted by Crippen LogP contribution is -2.49. The van der Waals surface area contributed by atoms with Gasteiger partial charge >= 0.3 is 5.97 Å². The number of hydrazine groups is 1. The third-order valence-corrected chi connectivity index (χ3v) is 1.62. The largest absolute Gasteiger partial charge is 0.480 e. The molecule has 0 amide bonds. The van der Waals surface area contributed by atoms with E-state index in [0.29, 0.717) is 13.2 Å². The second-order valence-corrected chi connectivity index (χ2v) is 3.12. The van der Waals surface area contributed by atoms with E-state index in [2.05, 4.69) is 10.9 Å². The summed E-state index contributed by atoms with van der Waals surface area (Å²) in [6.45, 7) is 4.85. The molecule has 5 heteroatoms. The molecule has 1 atom stereocenters. The van der Waals surface area contributed by atoms with E-state index >= 15 is 0 Å². The number of hydrogen-bond acceptors (Lipinski definition) is 4.